The lowest BCUT2D eigenvalue weighted by Crippen LogP contribution is -2.07. The Kier molecular flexibility index (Phi) is 3.53. The van der Waals surface area contributed by atoms with E-state index in [9.17, 15) is 10.1 Å². The lowest BCUT2D eigenvalue weighted by Gasteiger charge is -2.07. The summed E-state index contributed by atoms with van der Waals surface area (Å²) in [5, 5.41) is 9.23. The van der Waals surface area contributed by atoms with Crippen LogP contribution in [0, 0.1) is 11.3 Å². The van der Waals surface area contributed by atoms with Gasteiger partial charge in [-0.05, 0) is 16.7 Å². The topological polar surface area (TPSA) is 50.1 Å². The summed E-state index contributed by atoms with van der Waals surface area (Å²) >= 11 is 0. The molecule has 0 saturated heterocycles. The third-order valence-corrected chi connectivity index (χ3v) is 3.51. The predicted molar refractivity (Wildman–Crippen MR) is 78.9 cm³/mol. The number of carbonyl (C=O) groups excluding carboxylic acids is 1. The highest BCUT2D eigenvalue weighted by Gasteiger charge is 2.27. The lowest BCUT2D eigenvalue weighted by atomic mass is 10.1. The Morgan fingerprint density at radius 1 is 1.10 bits per heavy atom. The molecule has 2 aromatic carbocycles. The number of rotatable bonds is 3. The summed E-state index contributed by atoms with van der Waals surface area (Å²) in [6, 6.07) is 19.2. The summed E-state index contributed by atoms with van der Waals surface area (Å²) in [6.45, 7) is 0.212. The monoisotopic (exact) mass is 275 g/mol. The Balaban J connectivity index is 1.82. The maximum absolute atomic E-state index is 12.3. The summed E-state index contributed by atoms with van der Waals surface area (Å²) in [7, 11) is 0. The average molecular weight is 275 g/mol. The van der Waals surface area contributed by atoms with Crippen molar-refractivity contribution in [3.8, 4) is 6.07 Å². The smallest absolute Gasteiger partial charge is 0.340 e. The number of esters is 1. The molecule has 1 aliphatic carbocycles. The molecule has 0 bridgehead atoms. The third-order valence-electron chi connectivity index (χ3n) is 3.51. The molecule has 0 radical (unpaired) electrons. The van der Waals surface area contributed by atoms with E-state index in [4.69, 9.17) is 4.74 Å². The molecule has 0 heterocycles. The summed E-state index contributed by atoms with van der Waals surface area (Å²) in [4.78, 5) is 12.3. The van der Waals surface area contributed by atoms with Crippen LogP contribution in [0.15, 0.2) is 60.2 Å². The van der Waals surface area contributed by atoms with Gasteiger partial charge in [0.2, 0.25) is 0 Å². The normalized spacial score (nSPS) is 12.7. The van der Waals surface area contributed by atoms with Gasteiger partial charge in [0, 0.05) is 12.0 Å². The Labute approximate surface area is 123 Å². The number of nitrogens with zero attached hydrogens (tertiary/aromatic N) is 1. The number of benzene rings is 2. The Morgan fingerprint density at radius 2 is 1.81 bits per heavy atom. The molecule has 0 amide bonds. The Morgan fingerprint density at radius 3 is 2.57 bits per heavy atom. The van der Waals surface area contributed by atoms with Gasteiger partial charge in [-0.25, -0.2) is 4.79 Å². The minimum Gasteiger partial charge on any atom is -0.457 e. The van der Waals surface area contributed by atoms with Crippen LogP contribution in [-0.4, -0.2) is 5.97 Å². The zero-order valence-corrected chi connectivity index (χ0v) is 11.4. The van der Waals surface area contributed by atoms with E-state index < -0.39 is 5.97 Å². The molecule has 0 unspecified atom stereocenters. The van der Waals surface area contributed by atoms with Crippen LogP contribution in [0.3, 0.4) is 0 Å². The van der Waals surface area contributed by atoms with E-state index in [-0.39, 0.29) is 6.61 Å². The van der Waals surface area contributed by atoms with E-state index in [1.165, 1.54) is 0 Å². The van der Waals surface area contributed by atoms with Crippen molar-refractivity contribution in [3.63, 3.8) is 0 Å². The lowest BCUT2D eigenvalue weighted by molar-refractivity contribution is -0.137. The van der Waals surface area contributed by atoms with E-state index in [0.717, 1.165) is 16.7 Å². The maximum atomic E-state index is 12.3. The van der Waals surface area contributed by atoms with Gasteiger partial charge in [0.05, 0.1) is 11.6 Å². The SMILES string of the molecule is N#CC1=C(C(=O)OCc2ccccc2)c2ccccc2C1. The highest BCUT2D eigenvalue weighted by atomic mass is 16.5. The third kappa shape index (κ3) is 2.56. The minimum atomic E-state index is -0.430. The van der Waals surface area contributed by atoms with Gasteiger partial charge in [0.15, 0.2) is 0 Å². The van der Waals surface area contributed by atoms with Crippen LogP contribution in [0.1, 0.15) is 16.7 Å². The van der Waals surface area contributed by atoms with Crippen molar-refractivity contribution < 1.29 is 9.53 Å². The van der Waals surface area contributed by atoms with E-state index in [1.54, 1.807) is 0 Å². The molecule has 0 aliphatic heterocycles. The van der Waals surface area contributed by atoms with Crippen LogP contribution in [0.5, 0.6) is 0 Å². The maximum Gasteiger partial charge on any atom is 0.340 e. The Hall–Kier alpha value is -2.86. The fourth-order valence-corrected chi connectivity index (χ4v) is 2.48. The largest absolute Gasteiger partial charge is 0.457 e. The first-order valence-electron chi connectivity index (χ1n) is 6.72. The van der Waals surface area contributed by atoms with Crippen molar-refractivity contribution in [3.05, 3.63) is 76.9 Å². The molecule has 1 aliphatic rings. The van der Waals surface area contributed by atoms with Crippen molar-refractivity contribution in [1.82, 2.24) is 0 Å². The number of carbonyl (C=O) groups is 1. The summed E-state index contributed by atoms with van der Waals surface area (Å²) in [6.07, 6.45) is 0.502. The molecule has 2 aromatic rings. The number of ether oxygens (including phenoxy) is 1. The number of fused-ring (bicyclic) bond motifs is 1. The van der Waals surface area contributed by atoms with Gasteiger partial charge >= 0.3 is 5.97 Å². The summed E-state index contributed by atoms with van der Waals surface area (Å²) in [5.74, 6) is -0.430. The van der Waals surface area contributed by atoms with Gasteiger partial charge in [-0.15, -0.1) is 0 Å². The second kappa shape index (κ2) is 5.64. The second-order valence-electron chi connectivity index (χ2n) is 4.86. The molecular formula is C18H13NO2. The van der Waals surface area contributed by atoms with Crippen molar-refractivity contribution >= 4 is 11.5 Å². The summed E-state index contributed by atoms with van der Waals surface area (Å²) < 4.78 is 5.35. The van der Waals surface area contributed by atoms with Crippen LogP contribution in [0.25, 0.3) is 5.57 Å². The minimum absolute atomic E-state index is 0.212. The molecule has 21 heavy (non-hydrogen) atoms. The fraction of sp³-hybridized carbons (Fsp3) is 0.111. The van der Waals surface area contributed by atoms with Gasteiger partial charge in [0.25, 0.3) is 0 Å². The van der Waals surface area contributed by atoms with Gasteiger partial charge in [-0.1, -0.05) is 54.6 Å². The molecule has 0 atom stereocenters. The van der Waals surface area contributed by atoms with Gasteiger partial charge < -0.3 is 4.74 Å². The van der Waals surface area contributed by atoms with E-state index in [2.05, 4.69) is 6.07 Å². The molecule has 3 heteroatoms. The van der Waals surface area contributed by atoms with Crippen molar-refractivity contribution in [2.75, 3.05) is 0 Å². The average Bonchev–Trinajstić information content (AvgIpc) is 2.92. The van der Waals surface area contributed by atoms with E-state index in [1.807, 2.05) is 54.6 Å². The van der Waals surface area contributed by atoms with Crippen LogP contribution in [-0.2, 0) is 22.6 Å². The first kappa shape index (κ1) is 13.1. The highest BCUT2D eigenvalue weighted by Crippen LogP contribution is 2.33. The standard InChI is InChI=1S/C18H13NO2/c19-11-15-10-14-8-4-5-9-16(14)17(15)18(20)21-12-13-6-2-1-3-7-13/h1-9H,10,12H2. The van der Waals surface area contributed by atoms with Crippen molar-refractivity contribution in [2.45, 2.75) is 13.0 Å². The quantitative estimate of drug-likeness (QED) is 0.808. The van der Waals surface area contributed by atoms with Gasteiger partial charge in [-0.2, -0.15) is 5.26 Å². The zero-order valence-electron chi connectivity index (χ0n) is 11.4. The molecule has 3 nitrogen and oxygen atoms in total. The van der Waals surface area contributed by atoms with Gasteiger partial charge in [-0.3, -0.25) is 0 Å². The molecule has 0 aromatic heterocycles. The first-order chi connectivity index (χ1) is 10.3. The molecular weight excluding hydrogens is 262 g/mol. The predicted octanol–water partition coefficient (Wildman–Crippen LogP) is 3.26. The molecule has 0 saturated carbocycles. The number of hydrogen-bond donors (Lipinski definition) is 0. The zero-order chi connectivity index (χ0) is 14.7. The molecule has 0 spiro atoms. The molecule has 3 rings (SSSR count). The first-order valence-corrected chi connectivity index (χ1v) is 6.72. The van der Waals surface area contributed by atoms with Crippen LogP contribution in [0.2, 0.25) is 0 Å². The number of nitriles is 1. The molecule has 0 N–H and O–H groups in total. The second-order valence-corrected chi connectivity index (χ2v) is 4.86. The Bertz CT molecular complexity index is 754. The van der Waals surface area contributed by atoms with Crippen molar-refractivity contribution in [2.24, 2.45) is 0 Å². The van der Waals surface area contributed by atoms with Crippen molar-refractivity contribution in [1.29, 1.82) is 5.26 Å². The van der Waals surface area contributed by atoms with Crippen LogP contribution < -0.4 is 0 Å². The number of hydrogen-bond acceptors (Lipinski definition) is 3. The number of allylic oxidation sites excluding steroid dienone is 1. The molecule has 0 fully saturated rings. The van der Waals surface area contributed by atoms with E-state index >= 15 is 0 Å². The molecule has 102 valence electrons. The van der Waals surface area contributed by atoms with Crippen LogP contribution in [0.4, 0.5) is 0 Å². The summed E-state index contributed by atoms with van der Waals surface area (Å²) in [5.41, 5.74) is 3.63. The van der Waals surface area contributed by atoms with Gasteiger partial charge in [0.1, 0.15) is 6.61 Å². The highest BCUT2D eigenvalue weighted by molar-refractivity contribution is 6.20. The fourth-order valence-electron chi connectivity index (χ4n) is 2.48. The van der Waals surface area contributed by atoms with Crippen LogP contribution >= 0.6 is 0 Å². The van der Waals surface area contributed by atoms with E-state index in [0.29, 0.717) is 17.6 Å².